The Morgan fingerprint density at radius 1 is 0.917 bits per heavy atom. The highest BCUT2D eigenvalue weighted by Crippen LogP contribution is 2.20. The van der Waals surface area contributed by atoms with E-state index in [-0.39, 0.29) is 24.2 Å². The van der Waals surface area contributed by atoms with Crippen LogP contribution in [-0.2, 0) is 9.59 Å². The molecule has 0 fully saturated rings. The second kappa shape index (κ2) is 15.4. The minimum atomic E-state index is -0.743. The third-order valence-corrected chi connectivity index (χ3v) is 4.53. The van der Waals surface area contributed by atoms with Crippen LogP contribution >= 0.6 is 0 Å². The van der Waals surface area contributed by atoms with Crippen molar-refractivity contribution in [3.63, 3.8) is 0 Å². The van der Waals surface area contributed by atoms with Crippen LogP contribution in [0.1, 0.15) is 90.4 Å². The highest BCUT2D eigenvalue weighted by molar-refractivity contribution is 5.91. The van der Waals surface area contributed by atoms with Crippen molar-refractivity contribution in [3.05, 3.63) is 12.7 Å². The summed E-state index contributed by atoms with van der Waals surface area (Å²) in [6.45, 7) is 5.74. The number of carbonyl (C=O) groups excluding carboxylic acids is 1. The molecule has 0 saturated carbocycles. The monoisotopic (exact) mass is 340 g/mol. The van der Waals surface area contributed by atoms with Gasteiger partial charge in [0.2, 0.25) is 0 Å². The first kappa shape index (κ1) is 22.8. The van der Waals surface area contributed by atoms with E-state index in [0.717, 1.165) is 70.6 Å². The number of unbranched alkanes of at least 4 members (excludes halogenated alkanes) is 5. The lowest BCUT2D eigenvalue weighted by Crippen LogP contribution is -2.14. The molecule has 24 heavy (non-hydrogen) atoms. The predicted octanol–water partition coefficient (Wildman–Crippen LogP) is 4.89. The molecule has 0 aliphatic rings. The van der Waals surface area contributed by atoms with Crippen molar-refractivity contribution >= 4 is 11.8 Å². The number of ketones is 1. The average molecular weight is 341 g/mol. The van der Waals surface area contributed by atoms with Crippen LogP contribution in [0.3, 0.4) is 0 Å². The fourth-order valence-electron chi connectivity index (χ4n) is 2.99. The van der Waals surface area contributed by atoms with Gasteiger partial charge < -0.3 is 10.2 Å². The Morgan fingerprint density at radius 2 is 1.50 bits per heavy atom. The van der Waals surface area contributed by atoms with Crippen LogP contribution in [0.15, 0.2) is 12.7 Å². The molecule has 0 heterocycles. The highest BCUT2D eigenvalue weighted by Gasteiger charge is 2.16. The topological polar surface area (TPSA) is 74.6 Å². The number of hydrogen-bond acceptors (Lipinski definition) is 3. The summed E-state index contributed by atoms with van der Waals surface area (Å²) in [5, 5.41) is 18.5. The van der Waals surface area contributed by atoms with Crippen molar-refractivity contribution in [1.29, 1.82) is 0 Å². The zero-order valence-corrected chi connectivity index (χ0v) is 15.3. The SMILES string of the molecule is C=CC(=O)C(CCCCCCC(=O)O)CCCC(O)CCCCC. The molecule has 0 saturated heterocycles. The molecule has 0 rings (SSSR count). The van der Waals surface area contributed by atoms with Gasteiger partial charge >= 0.3 is 5.97 Å². The zero-order valence-electron chi connectivity index (χ0n) is 15.3. The van der Waals surface area contributed by atoms with E-state index in [1.807, 2.05) is 0 Å². The molecule has 0 spiro atoms. The van der Waals surface area contributed by atoms with Gasteiger partial charge in [-0.05, 0) is 38.2 Å². The summed E-state index contributed by atoms with van der Waals surface area (Å²) in [6, 6.07) is 0. The summed E-state index contributed by atoms with van der Waals surface area (Å²) >= 11 is 0. The van der Waals surface area contributed by atoms with E-state index in [4.69, 9.17) is 5.11 Å². The third kappa shape index (κ3) is 13.3. The van der Waals surface area contributed by atoms with Gasteiger partial charge in [0.25, 0.3) is 0 Å². The van der Waals surface area contributed by atoms with Crippen LogP contribution < -0.4 is 0 Å². The summed E-state index contributed by atoms with van der Waals surface area (Å²) < 4.78 is 0. The molecule has 0 radical (unpaired) electrons. The number of hydrogen-bond donors (Lipinski definition) is 2. The lowest BCUT2D eigenvalue weighted by molar-refractivity contribution is -0.137. The van der Waals surface area contributed by atoms with E-state index in [2.05, 4.69) is 13.5 Å². The molecule has 0 amide bonds. The molecular weight excluding hydrogens is 304 g/mol. The first-order chi connectivity index (χ1) is 11.5. The van der Waals surface area contributed by atoms with Gasteiger partial charge in [-0.25, -0.2) is 0 Å². The van der Waals surface area contributed by atoms with Gasteiger partial charge in [-0.15, -0.1) is 0 Å². The standard InChI is InChI=1S/C20H36O4/c1-3-5-8-14-18(21)15-11-13-17(19(22)4-2)12-9-6-7-10-16-20(23)24/h4,17-18,21H,2-3,5-16H2,1H3,(H,23,24). The predicted molar refractivity (Wildman–Crippen MR) is 98.0 cm³/mol. The molecule has 2 atom stereocenters. The normalized spacial score (nSPS) is 13.4. The summed E-state index contributed by atoms with van der Waals surface area (Å²) in [5.41, 5.74) is 0. The Kier molecular flexibility index (Phi) is 14.6. The molecule has 4 nitrogen and oxygen atoms in total. The number of aliphatic hydroxyl groups is 1. The van der Waals surface area contributed by atoms with Gasteiger partial charge in [0.1, 0.15) is 0 Å². The number of rotatable bonds is 17. The fourth-order valence-corrected chi connectivity index (χ4v) is 2.99. The number of allylic oxidation sites excluding steroid dienone is 1. The smallest absolute Gasteiger partial charge is 0.303 e. The van der Waals surface area contributed by atoms with Gasteiger partial charge in [-0.1, -0.05) is 58.4 Å². The molecule has 0 aromatic carbocycles. The summed E-state index contributed by atoms with van der Waals surface area (Å²) in [4.78, 5) is 22.4. The van der Waals surface area contributed by atoms with Crippen LogP contribution in [0.25, 0.3) is 0 Å². The molecule has 140 valence electrons. The second-order valence-corrected chi connectivity index (χ2v) is 6.73. The molecule has 0 bridgehead atoms. The third-order valence-electron chi connectivity index (χ3n) is 4.53. The Labute approximate surface area is 147 Å². The van der Waals surface area contributed by atoms with Crippen LogP contribution in [0.4, 0.5) is 0 Å². The Hall–Kier alpha value is -1.16. The van der Waals surface area contributed by atoms with Crippen molar-refractivity contribution in [3.8, 4) is 0 Å². The zero-order chi connectivity index (χ0) is 18.2. The number of carboxylic acids is 1. The van der Waals surface area contributed by atoms with Crippen LogP contribution in [0, 0.1) is 5.92 Å². The summed E-state index contributed by atoms with van der Waals surface area (Å²) in [7, 11) is 0. The van der Waals surface area contributed by atoms with Crippen molar-refractivity contribution in [2.24, 2.45) is 5.92 Å². The molecule has 0 aliphatic heterocycles. The number of aliphatic carboxylic acids is 1. The van der Waals surface area contributed by atoms with Crippen LogP contribution in [0.2, 0.25) is 0 Å². The maximum Gasteiger partial charge on any atom is 0.303 e. The van der Waals surface area contributed by atoms with E-state index in [1.54, 1.807) is 0 Å². The minimum absolute atomic E-state index is 0.00446. The first-order valence-electron chi connectivity index (χ1n) is 9.57. The first-order valence-corrected chi connectivity index (χ1v) is 9.57. The van der Waals surface area contributed by atoms with Crippen molar-refractivity contribution in [2.75, 3.05) is 0 Å². The molecule has 0 aromatic rings. The van der Waals surface area contributed by atoms with E-state index in [9.17, 15) is 14.7 Å². The lowest BCUT2D eigenvalue weighted by Gasteiger charge is -2.15. The van der Waals surface area contributed by atoms with E-state index >= 15 is 0 Å². The largest absolute Gasteiger partial charge is 0.481 e. The fraction of sp³-hybridized carbons (Fsp3) is 0.800. The van der Waals surface area contributed by atoms with Crippen molar-refractivity contribution in [1.82, 2.24) is 0 Å². The molecule has 2 unspecified atom stereocenters. The number of carboxylic acid groups (broad SMARTS) is 1. The van der Waals surface area contributed by atoms with E-state index in [1.165, 1.54) is 6.08 Å². The minimum Gasteiger partial charge on any atom is -0.481 e. The lowest BCUT2D eigenvalue weighted by atomic mass is 9.90. The molecular formula is C20H36O4. The number of carbonyl (C=O) groups is 2. The molecule has 2 N–H and O–H groups in total. The van der Waals surface area contributed by atoms with Gasteiger partial charge in [-0.3, -0.25) is 9.59 Å². The molecule has 0 aromatic heterocycles. The second-order valence-electron chi connectivity index (χ2n) is 6.73. The van der Waals surface area contributed by atoms with Crippen molar-refractivity contribution in [2.45, 2.75) is 96.5 Å². The highest BCUT2D eigenvalue weighted by atomic mass is 16.4. The Balaban J connectivity index is 3.91. The van der Waals surface area contributed by atoms with Crippen LogP contribution in [-0.4, -0.2) is 28.1 Å². The molecule has 4 heteroatoms. The summed E-state index contributed by atoms with van der Waals surface area (Å²) in [5.74, 6) is -0.641. The van der Waals surface area contributed by atoms with Crippen molar-refractivity contribution < 1.29 is 19.8 Å². The van der Waals surface area contributed by atoms with E-state index < -0.39 is 5.97 Å². The van der Waals surface area contributed by atoms with Gasteiger partial charge in [0.05, 0.1) is 6.10 Å². The van der Waals surface area contributed by atoms with Gasteiger partial charge in [-0.2, -0.15) is 0 Å². The maximum atomic E-state index is 11.9. The quantitative estimate of drug-likeness (QED) is 0.292. The maximum absolute atomic E-state index is 11.9. The molecule has 0 aliphatic carbocycles. The van der Waals surface area contributed by atoms with Gasteiger partial charge in [0, 0.05) is 12.3 Å². The van der Waals surface area contributed by atoms with Crippen LogP contribution in [0.5, 0.6) is 0 Å². The Morgan fingerprint density at radius 3 is 2.12 bits per heavy atom. The van der Waals surface area contributed by atoms with E-state index in [0.29, 0.717) is 6.42 Å². The van der Waals surface area contributed by atoms with Gasteiger partial charge in [0.15, 0.2) is 5.78 Å². The average Bonchev–Trinajstić information content (AvgIpc) is 2.55. The Bertz CT molecular complexity index is 352. The summed E-state index contributed by atoms with van der Waals surface area (Å²) in [6.07, 6.45) is 12.5. The number of aliphatic hydroxyl groups excluding tert-OH is 1.